The van der Waals surface area contributed by atoms with Gasteiger partial charge >= 0.3 is 0 Å². The molecule has 0 bridgehead atoms. The van der Waals surface area contributed by atoms with Crippen molar-refractivity contribution >= 4 is 11.8 Å². The van der Waals surface area contributed by atoms with Gasteiger partial charge in [-0.1, -0.05) is 56.5 Å². The van der Waals surface area contributed by atoms with Crippen LogP contribution in [0.2, 0.25) is 0 Å². The molecule has 0 unspecified atom stereocenters. The molecule has 0 aromatic heterocycles. The zero-order valence-electron chi connectivity index (χ0n) is 18.1. The van der Waals surface area contributed by atoms with E-state index in [4.69, 9.17) is 0 Å². The zero-order chi connectivity index (χ0) is 20.8. The number of amides is 2. The van der Waals surface area contributed by atoms with Crippen LogP contribution in [-0.2, 0) is 4.79 Å². The van der Waals surface area contributed by atoms with Crippen LogP contribution >= 0.6 is 0 Å². The number of allylic oxidation sites excluding steroid dienone is 1. The van der Waals surface area contributed by atoms with Gasteiger partial charge in [-0.2, -0.15) is 0 Å². The van der Waals surface area contributed by atoms with Crippen molar-refractivity contribution in [2.75, 3.05) is 6.54 Å². The number of rotatable bonds is 7. The SMILES string of the molecule is CC1=C[C@@H](CNC(=O)c2ccccc2)[C@H](C(C)C)C[C@H]1CC(=O)NC1CCCC1. The fraction of sp³-hybridized carbons (Fsp3) is 0.600. The lowest BCUT2D eigenvalue weighted by Crippen LogP contribution is -2.38. The lowest BCUT2D eigenvalue weighted by molar-refractivity contribution is -0.122. The second kappa shape index (κ2) is 10.1. The molecule has 2 amide bonds. The molecular weight excluding hydrogens is 360 g/mol. The van der Waals surface area contributed by atoms with Gasteiger partial charge < -0.3 is 10.6 Å². The van der Waals surface area contributed by atoms with Crippen LogP contribution in [0, 0.1) is 23.7 Å². The van der Waals surface area contributed by atoms with Crippen molar-refractivity contribution in [1.82, 2.24) is 10.6 Å². The first-order valence-electron chi connectivity index (χ1n) is 11.2. The van der Waals surface area contributed by atoms with E-state index in [-0.39, 0.29) is 11.8 Å². The number of hydrogen-bond acceptors (Lipinski definition) is 2. The second-order valence-corrected chi connectivity index (χ2v) is 9.24. The smallest absolute Gasteiger partial charge is 0.251 e. The molecule has 29 heavy (non-hydrogen) atoms. The molecule has 0 saturated heterocycles. The molecule has 158 valence electrons. The number of carbonyl (C=O) groups excluding carboxylic acids is 2. The number of nitrogens with one attached hydrogen (secondary N) is 2. The van der Waals surface area contributed by atoms with Gasteiger partial charge in [-0.3, -0.25) is 9.59 Å². The monoisotopic (exact) mass is 396 g/mol. The molecule has 4 heteroatoms. The quantitative estimate of drug-likeness (QED) is 0.655. The highest BCUT2D eigenvalue weighted by atomic mass is 16.2. The van der Waals surface area contributed by atoms with Crippen LogP contribution in [-0.4, -0.2) is 24.4 Å². The topological polar surface area (TPSA) is 58.2 Å². The Labute approximate surface area is 175 Å². The van der Waals surface area contributed by atoms with E-state index in [1.807, 2.05) is 30.3 Å². The first kappa shape index (κ1) is 21.6. The Kier molecular flexibility index (Phi) is 7.51. The van der Waals surface area contributed by atoms with Crippen LogP contribution < -0.4 is 10.6 Å². The molecule has 0 heterocycles. The summed E-state index contributed by atoms with van der Waals surface area (Å²) in [7, 11) is 0. The van der Waals surface area contributed by atoms with Crippen molar-refractivity contribution in [3.63, 3.8) is 0 Å². The number of carbonyl (C=O) groups is 2. The zero-order valence-corrected chi connectivity index (χ0v) is 18.1. The van der Waals surface area contributed by atoms with Gasteiger partial charge in [0.2, 0.25) is 5.91 Å². The molecule has 1 fully saturated rings. The van der Waals surface area contributed by atoms with E-state index in [9.17, 15) is 9.59 Å². The van der Waals surface area contributed by atoms with Crippen LogP contribution in [0.4, 0.5) is 0 Å². The predicted octanol–water partition coefficient (Wildman–Crippen LogP) is 4.72. The molecule has 1 aromatic rings. The third-order valence-electron chi connectivity index (χ3n) is 6.77. The Morgan fingerprint density at radius 2 is 1.79 bits per heavy atom. The van der Waals surface area contributed by atoms with Crippen LogP contribution in [0.1, 0.15) is 69.7 Å². The fourth-order valence-electron chi connectivity index (χ4n) is 4.99. The molecule has 2 N–H and O–H groups in total. The van der Waals surface area contributed by atoms with Crippen molar-refractivity contribution in [2.24, 2.45) is 23.7 Å². The summed E-state index contributed by atoms with van der Waals surface area (Å²) in [5.74, 6) is 1.80. The minimum atomic E-state index is -0.0165. The normalized spacial score (nSPS) is 25.0. The Hall–Kier alpha value is -2.10. The summed E-state index contributed by atoms with van der Waals surface area (Å²) in [4.78, 5) is 25.0. The van der Waals surface area contributed by atoms with Gasteiger partial charge in [0.15, 0.2) is 0 Å². The summed E-state index contributed by atoms with van der Waals surface area (Å²) in [6, 6.07) is 9.76. The molecule has 4 nitrogen and oxygen atoms in total. The van der Waals surface area contributed by atoms with E-state index >= 15 is 0 Å². The van der Waals surface area contributed by atoms with Gasteiger partial charge in [-0.15, -0.1) is 0 Å². The molecule has 3 rings (SSSR count). The first-order valence-corrected chi connectivity index (χ1v) is 11.2. The van der Waals surface area contributed by atoms with Crippen molar-refractivity contribution in [3.05, 3.63) is 47.5 Å². The molecule has 0 aliphatic heterocycles. The Morgan fingerprint density at radius 1 is 1.10 bits per heavy atom. The van der Waals surface area contributed by atoms with Gasteiger partial charge in [0.1, 0.15) is 0 Å². The fourth-order valence-corrected chi connectivity index (χ4v) is 4.99. The molecule has 1 aromatic carbocycles. The average molecular weight is 397 g/mol. The summed E-state index contributed by atoms with van der Waals surface area (Å²) in [5, 5.41) is 6.35. The standard InChI is InChI=1S/C25H36N2O2/c1-17(2)23-14-20(15-24(28)27-22-11-7-8-12-22)18(3)13-21(23)16-26-25(29)19-9-5-4-6-10-19/h4-6,9-10,13,17,20-23H,7-8,11-12,14-16H2,1-3H3,(H,26,29)(H,27,28)/t20-,21-,23-/m0/s1. The third-order valence-corrected chi connectivity index (χ3v) is 6.77. The van der Waals surface area contributed by atoms with Crippen LogP contribution in [0.3, 0.4) is 0 Å². The highest BCUT2D eigenvalue weighted by Gasteiger charge is 2.33. The number of benzene rings is 1. The van der Waals surface area contributed by atoms with Gasteiger partial charge in [-0.25, -0.2) is 0 Å². The molecular formula is C25H36N2O2. The van der Waals surface area contributed by atoms with E-state index in [1.165, 1.54) is 18.4 Å². The van der Waals surface area contributed by atoms with Crippen LogP contribution in [0.5, 0.6) is 0 Å². The minimum Gasteiger partial charge on any atom is -0.353 e. The van der Waals surface area contributed by atoms with Crippen LogP contribution in [0.15, 0.2) is 42.0 Å². The van der Waals surface area contributed by atoms with E-state index in [2.05, 4.69) is 37.5 Å². The van der Waals surface area contributed by atoms with Crippen molar-refractivity contribution < 1.29 is 9.59 Å². The van der Waals surface area contributed by atoms with Crippen molar-refractivity contribution in [2.45, 2.75) is 65.3 Å². The van der Waals surface area contributed by atoms with E-state index < -0.39 is 0 Å². The van der Waals surface area contributed by atoms with Crippen molar-refractivity contribution in [3.8, 4) is 0 Å². The third kappa shape index (κ3) is 5.94. The van der Waals surface area contributed by atoms with Crippen molar-refractivity contribution in [1.29, 1.82) is 0 Å². The summed E-state index contributed by atoms with van der Waals surface area (Å²) in [5.41, 5.74) is 1.99. The highest BCUT2D eigenvalue weighted by molar-refractivity contribution is 5.94. The molecule has 1 saturated carbocycles. The van der Waals surface area contributed by atoms with Gasteiger partial charge in [0.05, 0.1) is 0 Å². The van der Waals surface area contributed by atoms with Gasteiger partial charge in [-0.05, 0) is 62.0 Å². The largest absolute Gasteiger partial charge is 0.353 e. The molecule has 0 radical (unpaired) electrons. The Morgan fingerprint density at radius 3 is 2.45 bits per heavy atom. The lowest BCUT2D eigenvalue weighted by atomic mass is 9.69. The first-order chi connectivity index (χ1) is 13.9. The highest BCUT2D eigenvalue weighted by Crippen LogP contribution is 2.38. The molecule has 2 aliphatic rings. The minimum absolute atomic E-state index is 0.0165. The summed E-state index contributed by atoms with van der Waals surface area (Å²) >= 11 is 0. The summed E-state index contributed by atoms with van der Waals surface area (Å²) in [6.07, 6.45) is 8.65. The summed E-state index contributed by atoms with van der Waals surface area (Å²) in [6.45, 7) is 7.30. The molecule has 3 atom stereocenters. The maximum absolute atomic E-state index is 12.5. The maximum Gasteiger partial charge on any atom is 0.251 e. The van der Waals surface area contributed by atoms with E-state index in [0.717, 1.165) is 19.3 Å². The Bertz CT molecular complexity index is 720. The predicted molar refractivity (Wildman–Crippen MR) is 117 cm³/mol. The Balaban J connectivity index is 1.59. The van der Waals surface area contributed by atoms with Gasteiger partial charge in [0.25, 0.3) is 5.91 Å². The van der Waals surface area contributed by atoms with Crippen LogP contribution in [0.25, 0.3) is 0 Å². The summed E-state index contributed by atoms with van der Waals surface area (Å²) < 4.78 is 0. The average Bonchev–Trinajstić information content (AvgIpc) is 3.21. The van der Waals surface area contributed by atoms with E-state index in [1.54, 1.807) is 0 Å². The van der Waals surface area contributed by atoms with Gasteiger partial charge in [0, 0.05) is 24.6 Å². The molecule has 0 spiro atoms. The lowest BCUT2D eigenvalue weighted by Gasteiger charge is -2.37. The number of hydrogen-bond donors (Lipinski definition) is 2. The second-order valence-electron chi connectivity index (χ2n) is 9.24. The maximum atomic E-state index is 12.5. The van der Waals surface area contributed by atoms with E-state index in [0.29, 0.717) is 48.2 Å². The molecule has 2 aliphatic carbocycles.